The van der Waals surface area contributed by atoms with Crippen LogP contribution in [0.15, 0.2) is 18.3 Å². The van der Waals surface area contributed by atoms with Crippen LogP contribution in [-0.2, 0) is 0 Å². The zero-order valence-corrected chi connectivity index (χ0v) is 14.7. The maximum Gasteiger partial charge on any atom is 0.128 e. The quantitative estimate of drug-likeness (QED) is 0.900. The lowest BCUT2D eigenvalue weighted by Gasteiger charge is -2.62. The maximum atomic E-state index is 4.59. The summed E-state index contributed by atoms with van der Waals surface area (Å²) in [6.07, 6.45) is 4.68. The van der Waals surface area contributed by atoms with E-state index in [0.717, 1.165) is 49.8 Å². The fourth-order valence-corrected chi connectivity index (χ4v) is 5.15. The minimum Gasteiger partial charge on any atom is -0.369 e. The first-order valence-electron chi connectivity index (χ1n) is 9.24. The van der Waals surface area contributed by atoms with E-state index in [1.807, 2.05) is 6.20 Å². The zero-order chi connectivity index (χ0) is 16.0. The van der Waals surface area contributed by atoms with Crippen LogP contribution >= 0.6 is 0 Å². The molecule has 0 amide bonds. The number of aromatic nitrogens is 1. The molecule has 1 saturated heterocycles. The largest absolute Gasteiger partial charge is 0.369 e. The van der Waals surface area contributed by atoms with Crippen molar-refractivity contribution < 1.29 is 0 Å². The molecule has 4 atom stereocenters. The molecule has 2 unspecified atom stereocenters. The summed E-state index contributed by atoms with van der Waals surface area (Å²) in [6, 6.07) is 4.96. The molecule has 5 rings (SSSR count). The molecule has 0 aromatic carbocycles. The van der Waals surface area contributed by atoms with Crippen LogP contribution < -0.4 is 15.5 Å². The van der Waals surface area contributed by atoms with E-state index in [9.17, 15) is 0 Å². The fourth-order valence-electron chi connectivity index (χ4n) is 5.15. The van der Waals surface area contributed by atoms with Crippen molar-refractivity contribution in [1.29, 1.82) is 0 Å². The lowest BCUT2D eigenvalue weighted by atomic mass is 9.45. The van der Waals surface area contributed by atoms with E-state index in [-0.39, 0.29) is 0 Å². The topological polar surface area (TPSA) is 40.2 Å². The number of rotatable bonds is 3. The average molecular weight is 314 g/mol. The van der Waals surface area contributed by atoms with Gasteiger partial charge in [-0.1, -0.05) is 20.8 Å². The van der Waals surface area contributed by atoms with Crippen molar-refractivity contribution in [2.24, 2.45) is 23.2 Å². The normalized spacial score (nSPS) is 35.5. The summed E-state index contributed by atoms with van der Waals surface area (Å²) in [5.41, 5.74) is 1.85. The Kier molecular flexibility index (Phi) is 3.75. The molecule has 126 valence electrons. The average Bonchev–Trinajstić information content (AvgIpc) is 2.57. The van der Waals surface area contributed by atoms with Gasteiger partial charge in [-0.25, -0.2) is 4.98 Å². The molecule has 4 aliphatic rings. The highest BCUT2D eigenvalue weighted by Gasteiger charge is 2.56. The molecule has 2 N–H and O–H groups in total. The number of anilines is 2. The Balaban J connectivity index is 1.45. The predicted molar refractivity (Wildman–Crippen MR) is 95.9 cm³/mol. The van der Waals surface area contributed by atoms with Gasteiger partial charge < -0.3 is 15.5 Å². The summed E-state index contributed by atoms with van der Waals surface area (Å²) in [5, 5.41) is 7.17. The molecule has 4 nitrogen and oxygen atoms in total. The van der Waals surface area contributed by atoms with Gasteiger partial charge in [-0.05, 0) is 42.1 Å². The molecule has 0 radical (unpaired) electrons. The third-order valence-electron chi connectivity index (χ3n) is 6.91. The van der Waals surface area contributed by atoms with E-state index >= 15 is 0 Å². The van der Waals surface area contributed by atoms with Crippen molar-refractivity contribution in [1.82, 2.24) is 10.3 Å². The first kappa shape index (κ1) is 15.3. The molecule has 1 aromatic heterocycles. The second-order valence-electron chi connectivity index (χ2n) is 8.34. The Labute approximate surface area is 140 Å². The fraction of sp³-hybridized carbons (Fsp3) is 0.737. The lowest BCUT2D eigenvalue weighted by molar-refractivity contribution is -0.105. The molecular formula is C19H30N4. The smallest absolute Gasteiger partial charge is 0.128 e. The molecule has 2 bridgehead atoms. The van der Waals surface area contributed by atoms with Crippen LogP contribution in [0.25, 0.3) is 0 Å². The zero-order valence-electron chi connectivity index (χ0n) is 14.7. The molecule has 3 saturated carbocycles. The molecule has 23 heavy (non-hydrogen) atoms. The standard InChI is InChI=1S/C19H30N4/c1-13-16-10-14(19(16,2)3)11-17(13)22-18-12-15(4-5-21-18)23-8-6-20-7-9-23/h4-5,12-14,16-17,20H,6-11H2,1-3H3,(H,21,22)/t13?,14-,16-,17?/m0/s1. The second kappa shape index (κ2) is 5.66. The number of hydrogen-bond acceptors (Lipinski definition) is 4. The minimum absolute atomic E-state index is 0.549. The van der Waals surface area contributed by atoms with Crippen molar-refractivity contribution in [2.75, 3.05) is 36.4 Å². The van der Waals surface area contributed by atoms with E-state index in [0.29, 0.717) is 11.5 Å². The highest BCUT2D eigenvalue weighted by molar-refractivity contribution is 5.54. The number of nitrogens with one attached hydrogen (secondary N) is 2. The molecule has 3 aliphatic carbocycles. The number of hydrogen-bond donors (Lipinski definition) is 2. The van der Waals surface area contributed by atoms with Gasteiger partial charge in [0.1, 0.15) is 5.82 Å². The summed E-state index contributed by atoms with van der Waals surface area (Å²) in [6.45, 7) is 11.7. The van der Waals surface area contributed by atoms with Crippen LogP contribution in [0.4, 0.5) is 11.5 Å². The molecule has 1 aromatic rings. The number of nitrogens with zero attached hydrogens (tertiary/aromatic N) is 2. The maximum absolute atomic E-state index is 4.59. The van der Waals surface area contributed by atoms with Crippen LogP contribution in [-0.4, -0.2) is 37.2 Å². The van der Waals surface area contributed by atoms with Crippen LogP contribution in [0, 0.1) is 23.2 Å². The Hall–Kier alpha value is -1.29. The van der Waals surface area contributed by atoms with Gasteiger partial charge in [0.05, 0.1) is 0 Å². The Bertz CT molecular complexity index is 564. The minimum atomic E-state index is 0.549. The third kappa shape index (κ3) is 2.61. The van der Waals surface area contributed by atoms with Crippen LogP contribution in [0.1, 0.15) is 33.6 Å². The van der Waals surface area contributed by atoms with Gasteiger partial charge in [-0.3, -0.25) is 0 Å². The number of piperazine rings is 1. The third-order valence-corrected chi connectivity index (χ3v) is 6.91. The van der Waals surface area contributed by atoms with E-state index in [1.165, 1.54) is 18.5 Å². The van der Waals surface area contributed by atoms with Gasteiger partial charge in [0, 0.05) is 50.2 Å². The number of pyridine rings is 1. The van der Waals surface area contributed by atoms with Crippen LogP contribution in [0.2, 0.25) is 0 Å². The van der Waals surface area contributed by atoms with Crippen molar-refractivity contribution in [3.63, 3.8) is 0 Å². The number of fused-ring (bicyclic) bond motifs is 2. The molecule has 0 spiro atoms. The summed E-state index contributed by atoms with van der Waals surface area (Å²) in [4.78, 5) is 7.04. The van der Waals surface area contributed by atoms with Gasteiger partial charge in [0.15, 0.2) is 0 Å². The van der Waals surface area contributed by atoms with Gasteiger partial charge in [-0.2, -0.15) is 0 Å². The van der Waals surface area contributed by atoms with Gasteiger partial charge in [-0.15, -0.1) is 0 Å². The van der Waals surface area contributed by atoms with Crippen molar-refractivity contribution in [2.45, 2.75) is 39.7 Å². The molecule has 1 aliphatic heterocycles. The molecular weight excluding hydrogens is 284 g/mol. The van der Waals surface area contributed by atoms with Gasteiger partial charge in [0.2, 0.25) is 0 Å². The van der Waals surface area contributed by atoms with Gasteiger partial charge in [0.25, 0.3) is 0 Å². The van der Waals surface area contributed by atoms with E-state index < -0.39 is 0 Å². The lowest BCUT2D eigenvalue weighted by Crippen LogP contribution is -2.58. The molecule has 2 heterocycles. The predicted octanol–water partition coefficient (Wildman–Crippen LogP) is 2.97. The summed E-state index contributed by atoms with van der Waals surface area (Å²) in [5.74, 6) is 3.55. The summed E-state index contributed by atoms with van der Waals surface area (Å²) in [7, 11) is 0. The molecule has 4 heteroatoms. The van der Waals surface area contributed by atoms with Crippen molar-refractivity contribution in [3.8, 4) is 0 Å². The van der Waals surface area contributed by atoms with Crippen molar-refractivity contribution in [3.05, 3.63) is 18.3 Å². The Morgan fingerprint density at radius 1 is 1.26 bits per heavy atom. The second-order valence-corrected chi connectivity index (χ2v) is 8.34. The van der Waals surface area contributed by atoms with Gasteiger partial charge >= 0.3 is 0 Å². The first-order valence-corrected chi connectivity index (χ1v) is 9.24. The highest BCUT2D eigenvalue weighted by Crippen LogP contribution is 2.61. The summed E-state index contributed by atoms with van der Waals surface area (Å²) < 4.78 is 0. The van der Waals surface area contributed by atoms with E-state index in [2.05, 4.69) is 53.4 Å². The van der Waals surface area contributed by atoms with E-state index in [4.69, 9.17) is 0 Å². The SMILES string of the molecule is CC1C(Nc2cc(N3CCNCC3)ccn2)C[C@@H]2C[C@@H]1C2(C)C. The highest BCUT2D eigenvalue weighted by atomic mass is 15.2. The first-order chi connectivity index (χ1) is 11.1. The Morgan fingerprint density at radius 3 is 2.74 bits per heavy atom. The monoisotopic (exact) mass is 314 g/mol. The molecule has 4 fully saturated rings. The van der Waals surface area contributed by atoms with E-state index in [1.54, 1.807) is 0 Å². The Morgan fingerprint density at radius 2 is 2.04 bits per heavy atom. The van der Waals surface area contributed by atoms with Crippen LogP contribution in [0.5, 0.6) is 0 Å². The van der Waals surface area contributed by atoms with Crippen molar-refractivity contribution >= 4 is 11.5 Å². The van der Waals surface area contributed by atoms with Crippen LogP contribution in [0.3, 0.4) is 0 Å². The summed E-state index contributed by atoms with van der Waals surface area (Å²) >= 11 is 0.